The number of amides is 1. The molecule has 0 spiro atoms. The molecule has 1 aromatic rings. The zero-order valence-electron chi connectivity index (χ0n) is 9.23. The quantitative estimate of drug-likeness (QED) is 0.796. The van der Waals surface area contributed by atoms with Crippen LogP contribution in [0.3, 0.4) is 0 Å². The number of carbonyl (C=O) groups excluding carboxylic acids is 1. The smallest absolute Gasteiger partial charge is 0.411 e. The first-order valence-electron chi connectivity index (χ1n) is 5.13. The Bertz CT molecular complexity index is 325. The predicted octanol–water partition coefficient (Wildman–Crippen LogP) is 1.59. The molecule has 16 heavy (non-hydrogen) atoms. The topological polar surface area (TPSA) is 73.6 Å². The minimum atomic E-state index is -0.460. The molecule has 5 nitrogen and oxygen atoms in total. The fourth-order valence-electron chi connectivity index (χ4n) is 1.10. The third-order valence-electron chi connectivity index (χ3n) is 1.76. The van der Waals surface area contributed by atoms with Crippen LogP contribution in [0.1, 0.15) is 6.92 Å². The lowest BCUT2D eigenvalue weighted by Gasteiger charge is -2.07. The summed E-state index contributed by atoms with van der Waals surface area (Å²) in [6, 6.07) is 7.00. The highest BCUT2D eigenvalue weighted by Crippen LogP contribution is 2.15. The van der Waals surface area contributed by atoms with E-state index in [1.54, 1.807) is 31.2 Å². The van der Waals surface area contributed by atoms with E-state index >= 15 is 0 Å². The Morgan fingerprint density at radius 2 is 2.06 bits per heavy atom. The lowest BCUT2D eigenvalue weighted by Crippen LogP contribution is -2.13. The van der Waals surface area contributed by atoms with Crippen molar-refractivity contribution in [2.75, 3.05) is 25.1 Å². The van der Waals surface area contributed by atoms with Crippen LogP contribution in [0.15, 0.2) is 24.3 Å². The lowest BCUT2D eigenvalue weighted by molar-refractivity contribution is 0.168. The SMILES string of the molecule is CCOC(=O)Nc1ccc(OCCN)cc1. The van der Waals surface area contributed by atoms with Crippen molar-refractivity contribution in [1.29, 1.82) is 0 Å². The highest BCUT2D eigenvalue weighted by molar-refractivity contribution is 5.84. The molecule has 88 valence electrons. The van der Waals surface area contributed by atoms with Crippen LogP contribution >= 0.6 is 0 Å². The summed E-state index contributed by atoms with van der Waals surface area (Å²) in [7, 11) is 0. The lowest BCUT2D eigenvalue weighted by atomic mass is 10.3. The summed E-state index contributed by atoms with van der Waals surface area (Å²) in [5.41, 5.74) is 5.97. The Morgan fingerprint density at radius 1 is 1.38 bits per heavy atom. The van der Waals surface area contributed by atoms with Crippen molar-refractivity contribution in [2.45, 2.75) is 6.92 Å². The second-order valence-corrected chi connectivity index (χ2v) is 3.01. The van der Waals surface area contributed by atoms with Gasteiger partial charge >= 0.3 is 6.09 Å². The minimum absolute atomic E-state index is 0.351. The van der Waals surface area contributed by atoms with Crippen molar-refractivity contribution in [3.63, 3.8) is 0 Å². The molecule has 0 bridgehead atoms. The molecule has 5 heteroatoms. The molecule has 0 fully saturated rings. The van der Waals surface area contributed by atoms with Crippen LogP contribution in [-0.2, 0) is 4.74 Å². The van der Waals surface area contributed by atoms with Crippen LogP contribution < -0.4 is 15.8 Å². The van der Waals surface area contributed by atoms with E-state index in [9.17, 15) is 4.79 Å². The Balaban J connectivity index is 2.47. The van der Waals surface area contributed by atoms with Gasteiger partial charge in [0.25, 0.3) is 0 Å². The average molecular weight is 224 g/mol. The number of benzene rings is 1. The molecule has 0 saturated carbocycles. The third-order valence-corrected chi connectivity index (χ3v) is 1.76. The van der Waals surface area contributed by atoms with Crippen LogP contribution in [0.5, 0.6) is 5.75 Å². The first kappa shape index (κ1) is 12.3. The minimum Gasteiger partial charge on any atom is -0.492 e. The van der Waals surface area contributed by atoms with E-state index in [2.05, 4.69) is 5.32 Å². The molecule has 3 N–H and O–H groups in total. The number of rotatable bonds is 5. The van der Waals surface area contributed by atoms with Crippen LogP contribution in [0.25, 0.3) is 0 Å². The highest BCUT2D eigenvalue weighted by atomic mass is 16.5. The summed E-state index contributed by atoms with van der Waals surface area (Å²) in [4.78, 5) is 11.1. The van der Waals surface area contributed by atoms with Gasteiger partial charge < -0.3 is 15.2 Å². The third kappa shape index (κ3) is 4.18. The monoisotopic (exact) mass is 224 g/mol. The molecule has 0 atom stereocenters. The molecule has 0 unspecified atom stereocenters. The van der Waals surface area contributed by atoms with Crippen LogP contribution in [-0.4, -0.2) is 25.9 Å². The molecule has 0 heterocycles. The van der Waals surface area contributed by atoms with Crippen molar-refractivity contribution in [1.82, 2.24) is 0 Å². The standard InChI is InChI=1S/C11H16N2O3/c1-2-15-11(14)13-9-3-5-10(6-4-9)16-8-7-12/h3-6H,2,7-8,12H2,1H3,(H,13,14). The largest absolute Gasteiger partial charge is 0.492 e. The summed E-state index contributed by atoms with van der Waals surface area (Å²) < 4.78 is 10.0. The molecule has 0 radical (unpaired) electrons. The summed E-state index contributed by atoms with van der Waals surface area (Å²) in [6.45, 7) is 3.06. The van der Waals surface area contributed by atoms with E-state index in [1.807, 2.05) is 0 Å². The highest BCUT2D eigenvalue weighted by Gasteiger charge is 2.01. The number of anilines is 1. The molecule has 0 aromatic heterocycles. The summed E-state index contributed by atoms with van der Waals surface area (Å²) in [5, 5.41) is 2.58. The molecule has 1 amide bonds. The number of nitrogens with two attached hydrogens (primary N) is 1. The molecule has 0 aliphatic heterocycles. The van der Waals surface area contributed by atoms with E-state index in [0.29, 0.717) is 25.4 Å². The Morgan fingerprint density at radius 3 is 2.62 bits per heavy atom. The predicted molar refractivity (Wildman–Crippen MR) is 61.6 cm³/mol. The second-order valence-electron chi connectivity index (χ2n) is 3.01. The van der Waals surface area contributed by atoms with Crippen molar-refractivity contribution in [2.24, 2.45) is 5.73 Å². The van der Waals surface area contributed by atoms with Gasteiger partial charge in [-0.1, -0.05) is 0 Å². The van der Waals surface area contributed by atoms with Crippen molar-refractivity contribution < 1.29 is 14.3 Å². The number of nitrogens with one attached hydrogen (secondary N) is 1. The van der Waals surface area contributed by atoms with E-state index in [-0.39, 0.29) is 0 Å². The zero-order valence-corrected chi connectivity index (χ0v) is 9.23. The van der Waals surface area contributed by atoms with Gasteiger partial charge in [-0.2, -0.15) is 0 Å². The zero-order chi connectivity index (χ0) is 11.8. The summed E-state index contributed by atoms with van der Waals surface area (Å²) in [5.74, 6) is 0.722. The molecule has 0 saturated heterocycles. The molecular weight excluding hydrogens is 208 g/mol. The average Bonchev–Trinajstić information content (AvgIpc) is 2.28. The van der Waals surface area contributed by atoms with Gasteiger partial charge in [0.05, 0.1) is 6.61 Å². The molecular formula is C11H16N2O3. The van der Waals surface area contributed by atoms with Gasteiger partial charge in [-0.15, -0.1) is 0 Å². The maximum absolute atomic E-state index is 11.1. The maximum atomic E-state index is 11.1. The fourth-order valence-corrected chi connectivity index (χ4v) is 1.10. The van der Waals surface area contributed by atoms with Gasteiger partial charge in [0.2, 0.25) is 0 Å². The van der Waals surface area contributed by atoms with Gasteiger partial charge in [0.15, 0.2) is 0 Å². The van der Waals surface area contributed by atoms with E-state index in [0.717, 1.165) is 5.75 Å². The molecule has 1 aromatic carbocycles. The van der Waals surface area contributed by atoms with Crippen LogP contribution in [0.4, 0.5) is 10.5 Å². The first-order chi connectivity index (χ1) is 7.76. The van der Waals surface area contributed by atoms with Gasteiger partial charge in [-0.05, 0) is 31.2 Å². The maximum Gasteiger partial charge on any atom is 0.411 e. The van der Waals surface area contributed by atoms with Gasteiger partial charge in [0, 0.05) is 12.2 Å². The normalized spacial score (nSPS) is 9.62. The van der Waals surface area contributed by atoms with Crippen LogP contribution in [0, 0.1) is 0 Å². The number of carbonyl (C=O) groups is 1. The number of hydrogen-bond acceptors (Lipinski definition) is 4. The van der Waals surface area contributed by atoms with Crippen molar-refractivity contribution in [3.8, 4) is 5.75 Å². The number of ether oxygens (including phenoxy) is 2. The first-order valence-corrected chi connectivity index (χ1v) is 5.13. The van der Waals surface area contributed by atoms with E-state index < -0.39 is 6.09 Å². The molecule has 1 rings (SSSR count). The van der Waals surface area contributed by atoms with E-state index in [4.69, 9.17) is 15.2 Å². The summed E-state index contributed by atoms with van der Waals surface area (Å²) in [6.07, 6.45) is -0.460. The fraction of sp³-hybridized carbons (Fsp3) is 0.364. The van der Waals surface area contributed by atoms with Crippen LogP contribution in [0.2, 0.25) is 0 Å². The Labute approximate surface area is 94.5 Å². The van der Waals surface area contributed by atoms with Crippen molar-refractivity contribution >= 4 is 11.8 Å². The second kappa shape index (κ2) is 6.68. The van der Waals surface area contributed by atoms with Gasteiger partial charge in [0.1, 0.15) is 12.4 Å². The molecule has 0 aliphatic carbocycles. The Hall–Kier alpha value is -1.75. The van der Waals surface area contributed by atoms with Gasteiger partial charge in [-0.3, -0.25) is 5.32 Å². The summed E-state index contributed by atoms with van der Waals surface area (Å²) >= 11 is 0. The Kier molecular flexibility index (Phi) is 5.15. The number of hydrogen-bond donors (Lipinski definition) is 2. The van der Waals surface area contributed by atoms with Crippen molar-refractivity contribution in [3.05, 3.63) is 24.3 Å². The molecule has 0 aliphatic rings. The van der Waals surface area contributed by atoms with Gasteiger partial charge in [-0.25, -0.2) is 4.79 Å². The van der Waals surface area contributed by atoms with E-state index in [1.165, 1.54) is 0 Å².